The SMILES string of the molecule is CCCCCC(CC)OC(=O)c1cccc(C(=O)O)c1C(=O)O. The van der Waals surface area contributed by atoms with Crippen molar-refractivity contribution in [2.24, 2.45) is 0 Å². The van der Waals surface area contributed by atoms with Gasteiger partial charge < -0.3 is 14.9 Å². The average Bonchev–Trinajstić information content (AvgIpc) is 2.52. The highest BCUT2D eigenvalue weighted by Gasteiger charge is 2.25. The number of benzene rings is 1. The Morgan fingerprint density at radius 2 is 1.70 bits per heavy atom. The molecule has 0 aliphatic heterocycles. The quantitative estimate of drug-likeness (QED) is 0.532. The smallest absolute Gasteiger partial charge is 0.339 e. The van der Waals surface area contributed by atoms with Crippen LogP contribution in [0.15, 0.2) is 18.2 Å². The Kier molecular flexibility index (Phi) is 7.25. The fraction of sp³-hybridized carbons (Fsp3) is 0.471. The molecule has 0 radical (unpaired) electrons. The lowest BCUT2D eigenvalue weighted by Crippen LogP contribution is -2.21. The third-order valence-corrected chi connectivity index (χ3v) is 3.59. The molecule has 0 bridgehead atoms. The standard InChI is InChI=1S/C17H22O6/c1-3-5-6-8-11(4-2)23-17(22)13-10-7-9-12(15(18)19)14(13)16(20)21/h7,9-11H,3-6,8H2,1-2H3,(H,18,19)(H,20,21). The van der Waals surface area contributed by atoms with E-state index >= 15 is 0 Å². The Labute approximate surface area is 135 Å². The van der Waals surface area contributed by atoms with E-state index in [2.05, 4.69) is 6.92 Å². The monoisotopic (exact) mass is 322 g/mol. The maximum atomic E-state index is 12.3. The molecule has 1 unspecified atom stereocenters. The van der Waals surface area contributed by atoms with E-state index < -0.39 is 29.0 Å². The number of rotatable bonds is 9. The van der Waals surface area contributed by atoms with Crippen molar-refractivity contribution >= 4 is 17.9 Å². The highest BCUT2D eigenvalue weighted by molar-refractivity contribution is 6.09. The first-order valence-corrected chi connectivity index (χ1v) is 7.72. The van der Waals surface area contributed by atoms with Gasteiger partial charge in [-0.2, -0.15) is 0 Å². The number of hydrogen-bond acceptors (Lipinski definition) is 4. The topological polar surface area (TPSA) is 101 Å². The molecule has 6 nitrogen and oxygen atoms in total. The Bertz CT molecular complexity index is 578. The minimum absolute atomic E-state index is 0.230. The zero-order valence-corrected chi connectivity index (χ0v) is 13.4. The zero-order valence-electron chi connectivity index (χ0n) is 13.4. The number of ether oxygens (including phenoxy) is 1. The summed E-state index contributed by atoms with van der Waals surface area (Å²) in [7, 11) is 0. The highest BCUT2D eigenvalue weighted by atomic mass is 16.5. The second-order valence-corrected chi connectivity index (χ2v) is 5.27. The van der Waals surface area contributed by atoms with E-state index in [-0.39, 0.29) is 11.7 Å². The number of carbonyl (C=O) groups excluding carboxylic acids is 1. The van der Waals surface area contributed by atoms with Crippen LogP contribution < -0.4 is 0 Å². The van der Waals surface area contributed by atoms with Gasteiger partial charge in [-0.3, -0.25) is 0 Å². The molecule has 0 amide bonds. The zero-order chi connectivity index (χ0) is 17.4. The van der Waals surface area contributed by atoms with Crippen LogP contribution in [0.2, 0.25) is 0 Å². The van der Waals surface area contributed by atoms with Crippen molar-refractivity contribution in [3.05, 3.63) is 34.9 Å². The van der Waals surface area contributed by atoms with Gasteiger partial charge in [0.2, 0.25) is 0 Å². The van der Waals surface area contributed by atoms with Gasteiger partial charge in [0.05, 0.1) is 16.7 Å². The minimum atomic E-state index is -1.46. The molecular weight excluding hydrogens is 300 g/mol. The molecule has 2 N–H and O–H groups in total. The number of aromatic carboxylic acids is 2. The molecule has 0 aliphatic carbocycles. The summed E-state index contributed by atoms with van der Waals surface area (Å²) in [5.74, 6) is -3.66. The van der Waals surface area contributed by atoms with Crippen LogP contribution in [-0.2, 0) is 4.74 Å². The van der Waals surface area contributed by atoms with Gasteiger partial charge in [-0.15, -0.1) is 0 Å². The molecule has 0 saturated carbocycles. The van der Waals surface area contributed by atoms with E-state index in [4.69, 9.17) is 9.84 Å². The lowest BCUT2D eigenvalue weighted by molar-refractivity contribution is 0.0262. The largest absolute Gasteiger partial charge is 0.478 e. The van der Waals surface area contributed by atoms with Crippen molar-refractivity contribution in [3.63, 3.8) is 0 Å². The van der Waals surface area contributed by atoms with Crippen LogP contribution in [-0.4, -0.2) is 34.2 Å². The summed E-state index contributed by atoms with van der Waals surface area (Å²) in [4.78, 5) is 34.8. The summed E-state index contributed by atoms with van der Waals surface area (Å²) >= 11 is 0. The summed E-state index contributed by atoms with van der Waals surface area (Å²) in [6.07, 6.45) is 4.03. The summed E-state index contributed by atoms with van der Waals surface area (Å²) in [6.45, 7) is 3.96. The lowest BCUT2D eigenvalue weighted by atomic mass is 10.0. The molecule has 0 fully saturated rings. The van der Waals surface area contributed by atoms with E-state index in [1.165, 1.54) is 12.1 Å². The molecule has 6 heteroatoms. The highest BCUT2D eigenvalue weighted by Crippen LogP contribution is 2.19. The van der Waals surface area contributed by atoms with Crippen LogP contribution in [0.25, 0.3) is 0 Å². The third kappa shape index (κ3) is 5.09. The molecule has 1 aromatic rings. The minimum Gasteiger partial charge on any atom is -0.478 e. The van der Waals surface area contributed by atoms with Gasteiger partial charge in [0.15, 0.2) is 0 Å². The number of unbranched alkanes of at least 4 members (excludes halogenated alkanes) is 2. The van der Waals surface area contributed by atoms with Crippen molar-refractivity contribution in [2.75, 3.05) is 0 Å². The normalized spacial score (nSPS) is 11.7. The Morgan fingerprint density at radius 1 is 1.04 bits per heavy atom. The first-order valence-electron chi connectivity index (χ1n) is 7.72. The summed E-state index contributed by atoms with van der Waals surface area (Å²) in [6, 6.07) is 3.77. The number of carboxylic acid groups (broad SMARTS) is 2. The molecule has 23 heavy (non-hydrogen) atoms. The molecule has 1 rings (SSSR count). The van der Waals surface area contributed by atoms with Crippen molar-refractivity contribution in [2.45, 2.75) is 52.1 Å². The van der Waals surface area contributed by atoms with E-state index in [1.54, 1.807) is 0 Å². The van der Waals surface area contributed by atoms with Crippen LogP contribution in [0.1, 0.15) is 77.0 Å². The average molecular weight is 322 g/mol. The first kappa shape index (κ1) is 18.7. The van der Waals surface area contributed by atoms with E-state index in [1.807, 2.05) is 6.92 Å². The Morgan fingerprint density at radius 3 is 2.22 bits per heavy atom. The number of carboxylic acids is 2. The molecule has 1 atom stereocenters. The van der Waals surface area contributed by atoms with Gasteiger partial charge in [0.1, 0.15) is 6.10 Å². The molecular formula is C17H22O6. The van der Waals surface area contributed by atoms with Crippen molar-refractivity contribution in [1.82, 2.24) is 0 Å². The maximum absolute atomic E-state index is 12.3. The predicted molar refractivity (Wildman–Crippen MR) is 84.0 cm³/mol. The van der Waals surface area contributed by atoms with Crippen LogP contribution in [0.3, 0.4) is 0 Å². The summed E-state index contributed by atoms with van der Waals surface area (Å²) < 4.78 is 5.36. The van der Waals surface area contributed by atoms with E-state index in [9.17, 15) is 19.5 Å². The van der Waals surface area contributed by atoms with Crippen molar-refractivity contribution < 1.29 is 29.3 Å². The van der Waals surface area contributed by atoms with Crippen LogP contribution >= 0.6 is 0 Å². The van der Waals surface area contributed by atoms with Gasteiger partial charge in [0, 0.05) is 0 Å². The second-order valence-electron chi connectivity index (χ2n) is 5.27. The molecule has 126 valence electrons. The van der Waals surface area contributed by atoms with Crippen molar-refractivity contribution in [3.8, 4) is 0 Å². The fourth-order valence-electron chi connectivity index (χ4n) is 2.31. The molecule has 0 saturated heterocycles. The molecule has 0 aromatic heterocycles. The lowest BCUT2D eigenvalue weighted by Gasteiger charge is -2.17. The van der Waals surface area contributed by atoms with Crippen molar-refractivity contribution in [1.29, 1.82) is 0 Å². The van der Waals surface area contributed by atoms with E-state index in [0.717, 1.165) is 25.3 Å². The van der Waals surface area contributed by atoms with Crippen LogP contribution in [0.4, 0.5) is 0 Å². The van der Waals surface area contributed by atoms with Gasteiger partial charge in [-0.1, -0.05) is 32.8 Å². The predicted octanol–water partition coefficient (Wildman–Crippen LogP) is 3.60. The summed E-state index contributed by atoms with van der Waals surface area (Å²) in [5.41, 5.74) is -1.19. The van der Waals surface area contributed by atoms with Gasteiger partial charge >= 0.3 is 17.9 Å². The number of esters is 1. The maximum Gasteiger partial charge on any atom is 0.339 e. The molecule has 1 aromatic carbocycles. The molecule has 0 spiro atoms. The van der Waals surface area contributed by atoms with Gasteiger partial charge in [0.25, 0.3) is 0 Å². The third-order valence-electron chi connectivity index (χ3n) is 3.59. The molecule has 0 heterocycles. The summed E-state index contributed by atoms with van der Waals surface area (Å²) in [5, 5.41) is 18.3. The fourth-order valence-corrected chi connectivity index (χ4v) is 2.31. The Hall–Kier alpha value is -2.37. The van der Waals surface area contributed by atoms with Crippen LogP contribution in [0, 0.1) is 0 Å². The molecule has 0 aliphatic rings. The van der Waals surface area contributed by atoms with Crippen LogP contribution in [0.5, 0.6) is 0 Å². The Balaban J connectivity index is 3.01. The second kappa shape index (κ2) is 8.92. The number of hydrogen-bond donors (Lipinski definition) is 2. The van der Waals surface area contributed by atoms with Gasteiger partial charge in [-0.25, -0.2) is 14.4 Å². The van der Waals surface area contributed by atoms with Gasteiger partial charge in [-0.05, 0) is 31.4 Å². The first-order chi connectivity index (χ1) is 10.9. The van der Waals surface area contributed by atoms with E-state index in [0.29, 0.717) is 12.8 Å². The number of carbonyl (C=O) groups is 3.